The zero-order chi connectivity index (χ0) is 23.0. The first-order chi connectivity index (χ1) is 16.1. The van der Waals surface area contributed by atoms with E-state index >= 15 is 0 Å². The number of rotatable bonds is 6. The number of hydrogen-bond donors (Lipinski definition) is 0. The molecular weight excluding hydrogens is 434 g/mol. The maximum absolute atomic E-state index is 13.0. The summed E-state index contributed by atoms with van der Waals surface area (Å²) in [6.45, 7) is 0. The zero-order valence-corrected chi connectivity index (χ0v) is 18.4. The van der Waals surface area contributed by atoms with Crippen LogP contribution in [0.2, 0.25) is 5.02 Å². The van der Waals surface area contributed by atoms with Crippen molar-refractivity contribution in [3.05, 3.63) is 131 Å². The van der Waals surface area contributed by atoms with Crippen LogP contribution in [0, 0.1) is 0 Å². The van der Waals surface area contributed by atoms with Gasteiger partial charge in [-0.15, -0.1) is 0 Å². The number of ketones is 1. The average Bonchev–Trinajstić information content (AvgIpc) is 2.85. The SMILES string of the molecule is O=C(/C=C/c1ccccc1Cl)c1ccc(OC(=O)N(c2ccccc2)c2ccccc2)cc1. The normalized spacial score (nSPS) is 10.7. The van der Waals surface area contributed by atoms with E-state index in [4.69, 9.17) is 16.3 Å². The summed E-state index contributed by atoms with van der Waals surface area (Å²) in [5, 5.41) is 0.574. The predicted molar refractivity (Wildman–Crippen MR) is 132 cm³/mol. The van der Waals surface area contributed by atoms with Gasteiger partial charge in [-0.25, -0.2) is 9.69 Å². The van der Waals surface area contributed by atoms with Gasteiger partial charge in [-0.1, -0.05) is 66.2 Å². The van der Waals surface area contributed by atoms with Gasteiger partial charge in [0.25, 0.3) is 0 Å². The molecule has 0 radical (unpaired) electrons. The van der Waals surface area contributed by atoms with Gasteiger partial charge in [-0.3, -0.25) is 4.79 Å². The number of nitrogens with zero attached hydrogens (tertiary/aromatic N) is 1. The van der Waals surface area contributed by atoms with Gasteiger partial charge in [0, 0.05) is 10.6 Å². The molecule has 4 nitrogen and oxygen atoms in total. The van der Waals surface area contributed by atoms with Crippen LogP contribution in [-0.4, -0.2) is 11.9 Å². The molecule has 0 spiro atoms. The van der Waals surface area contributed by atoms with E-state index in [9.17, 15) is 9.59 Å². The Kier molecular flexibility index (Phi) is 6.98. The molecule has 0 aliphatic carbocycles. The van der Waals surface area contributed by atoms with E-state index in [1.165, 1.54) is 11.0 Å². The first-order valence-electron chi connectivity index (χ1n) is 10.3. The number of halogens is 1. The molecule has 162 valence electrons. The number of allylic oxidation sites excluding steroid dienone is 1. The Labute approximate surface area is 197 Å². The first-order valence-corrected chi connectivity index (χ1v) is 10.7. The molecule has 0 unspecified atom stereocenters. The predicted octanol–water partition coefficient (Wildman–Crippen LogP) is 7.57. The second-order valence-corrected chi connectivity index (χ2v) is 7.53. The van der Waals surface area contributed by atoms with Gasteiger partial charge >= 0.3 is 6.09 Å². The molecule has 1 amide bonds. The fourth-order valence-corrected chi connectivity index (χ4v) is 3.42. The van der Waals surface area contributed by atoms with Gasteiger partial charge in [0.15, 0.2) is 5.78 Å². The molecule has 0 saturated carbocycles. The van der Waals surface area contributed by atoms with E-state index in [1.54, 1.807) is 36.4 Å². The van der Waals surface area contributed by atoms with Crippen molar-refractivity contribution >= 4 is 40.9 Å². The van der Waals surface area contributed by atoms with E-state index < -0.39 is 6.09 Å². The summed E-state index contributed by atoms with van der Waals surface area (Å²) in [6, 6.07) is 32.3. The maximum atomic E-state index is 13.0. The lowest BCUT2D eigenvalue weighted by Gasteiger charge is -2.22. The Morgan fingerprint density at radius 3 is 1.82 bits per heavy atom. The van der Waals surface area contributed by atoms with Crippen LogP contribution >= 0.6 is 11.6 Å². The second-order valence-electron chi connectivity index (χ2n) is 7.12. The smallest absolute Gasteiger partial charge is 0.410 e. The van der Waals surface area contributed by atoms with Gasteiger partial charge in [0.05, 0.1) is 11.4 Å². The molecule has 0 fully saturated rings. The third-order valence-corrected chi connectivity index (χ3v) is 5.22. The van der Waals surface area contributed by atoms with Gasteiger partial charge in [-0.2, -0.15) is 0 Å². The lowest BCUT2D eigenvalue weighted by Crippen LogP contribution is -2.29. The van der Waals surface area contributed by atoms with E-state index in [0.29, 0.717) is 27.7 Å². The largest absolute Gasteiger partial charge is 0.424 e. The van der Waals surface area contributed by atoms with Crippen molar-refractivity contribution in [3.63, 3.8) is 0 Å². The van der Waals surface area contributed by atoms with Crippen molar-refractivity contribution in [2.24, 2.45) is 0 Å². The molecule has 4 aromatic rings. The number of anilines is 2. The third kappa shape index (κ3) is 5.56. The summed E-state index contributed by atoms with van der Waals surface area (Å²) in [4.78, 5) is 27.0. The highest BCUT2D eigenvalue weighted by Crippen LogP contribution is 2.27. The van der Waals surface area contributed by atoms with Crippen LogP contribution in [0.1, 0.15) is 15.9 Å². The molecule has 4 rings (SSSR count). The van der Waals surface area contributed by atoms with Crippen molar-refractivity contribution in [3.8, 4) is 5.75 Å². The molecule has 0 aliphatic heterocycles. The number of ether oxygens (including phenoxy) is 1. The highest BCUT2D eigenvalue weighted by molar-refractivity contribution is 6.32. The van der Waals surface area contributed by atoms with Crippen LogP contribution < -0.4 is 9.64 Å². The van der Waals surface area contributed by atoms with E-state index in [2.05, 4.69) is 0 Å². The molecule has 33 heavy (non-hydrogen) atoms. The molecular formula is C28H20ClNO3. The Balaban J connectivity index is 1.49. The van der Waals surface area contributed by atoms with Crippen molar-refractivity contribution in [1.82, 2.24) is 0 Å². The molecule has 0 bridgehead atoms. The maximum Gasteiger partial charge on any atom is 0.424 e. The minimum atomic E-state index is -0.551. The van der Waals surface area contributed by atoms with Gasteiger partial charge in [0.1, 0.15) is 5.75 Å². The Morgan fingerprint density at radius 1 is 0.697 bits per heavy atom. The summed E-state index contributed by atoms with van der Waals surface area (Å²) in [7, 11) is 0. The van der Waals surface area contributed by atoms with Crippen LogP contribution in [0.15, 0.2) is 115 Å². The average molecular weight is 454 g/mol. The topological polar surface area (TPSA) is 46.6 Å². The lowest BCUT2D eigenvalue weighted by atomic mass is 10.1. The minimum Gasteiger partial charge on any atom is -0.410 e. The molecule has 0 atom stereocenters. The first kappa shape index (κ1) is 22.1. The van der Waals surface area contributed by atoms with E-state index in [-0.39, 0.29) is 5.78 Å². The summed E-state index contributed by atoms with van der Waals surface area (Å²) >= 11 is 6.12. The molecule has 0 heterocycles. The summed E-state index contributed by atoms with van der Waals surface area (Å²) < 4.78 is 5.61. The van der Waals surface area contributed by atoms with Crippen molar-refractivity contribution in [1.29, 1.82) is 0 Å². The molecule has 0 N–H and O–H groups in total. The molecule has 0 saturated heterocycles. The zero-order valence-electron chi connectivity index (χ0n) is 17.6. The number of amides is 1. The van der Waals surface area contributed by atoms with Crippen LogP contribution in [0.25, 0.3) is 6.08 Å². The van der Waals surface area contributed by atoms with Crippen LogP contribution in [0.3, 0.4) is 0 Å². The molecule has 4 aromatic carbocycles. The fourth-order valence-electron chi connectivity index (χ4n) is 3.22. The Morgan fingerprint density at radius 2 is 1.24 bits per heavy atom. The number of carbonyl (C=O) groups is 2. The third-order valence-electron chi connectivity index (χ3n) is 4.87. The minimum absolute atomic E-state index is 0.178. The molecule has 0 aromatic heterocycles. The molecule has 5 heteroatoms. The van der Waals surface area contributed by atoms with Crippen molar-refractivity contribution in [2.45, 2.75) is 0 Å². The summed E-state index contributed by atoms with van der Waals surface area (Å²) in [5.74, 6) is 0.159. The van der Waals surface area contributed by atoms with Crippen molar-refractivity contribution in [2.75, 3.05) is 4.90 Å². The monoisotopic (exact) mass is 453 g/mol. The standard InChI is InChI=1S/C28H20ClNO3/c29-26-14-8-7-9-21(26)17-20-27(31)22-15-18-25(19-16-22)33-28(32)30(23-10-3-1-4-11-23)24-12-5-2-6-13-24/h1-20H/b20-17+. The quantitative estimate of drug-likeness (QED) is 0.223. The van der Waals surface area contributed by atoms with E-state index in [0.717, 1.165) is 5.56 Å². The van der Waals surface area contributed by atoms with Gasteiger partial charge < -0.3 is 4.74 Å². The van der Waals surface area contributed by atoms with Crippen LogP contribution in [-0.2, 0) is 0 Å². The number of para-hydroxylation sites is 2. The van der Waals surface area contributed by atoms with E-state index in [1.807, 2.05) is 78.9 Å². The Bertz CT molecular complexity index is 1230. The highest BCUT2D eigenvalue weighted by atomic mass is 35.5. The number of hydrogen-bond acceptors (Lipinski definition) is 3. The highest BCUT2D eigenvalue weighted by Gasteiger charge is 2.20. The summed E-state index contributed by atoms with van der Waals surface area (Å²) in [6.07, 6.45) is 2.59. The van der Waals surface area contributed by atoms with Crippen LogP contribution in [0.5, 0.6) is 5.75 Å². The Hall–Kier alpha value is -4.15. The second kappa shape index (κ2) is 10.4. The summed E-state index contributed by atoms with van der Waals surface area (Å²) in [5.41, 5.74) is 2.61. The van der Waals surface area contributed by atoms with Gasteiger partial charge in [0.2, 0.25) is 0 Å². The number of benzene rings is 4. The van der Waals surface area contributed by atoms with Gasteiger partial charge in [-0.05, 0) is 72.3 Å². The van der Waals surface area contributed by atoms with Crippen molar-refractivity contribution < 1.29 is 14.3 Å². The molecule has 0 aliphatic rings. The number of carbonyl (C=O) groups excluding carboxylic acids is 2. The van der Waals surface area contributed by atoms with Crippen LogP contribution in [0.4, 0.5) is 16.2 Å². The fraction of sp³-hybridized carbons (Fsp3) is 0. The lowest BCUT2D eigenvalue weighted by molar-refractivity contribution is 0.104.